The van der Waals surface area contributed by atoms with Gasteiger partial charge in [0.05, 0.1) is 0 Å². The standard InChI is InChI=1S/C21H20N3.2CH3.Pt/c1-22-20-15-9-8-10-17(20)16-21(23-18-11-4-2-5-12-18)24-19-13-6-3-7-14-19;;;/h2-15,21H,16H2,1H3;2*1H3;/q-3;2*-1;. The predicted octanol–water partition coefficient (Wildman–Crippen LogP) is 7.50. The Morgan fingerprint density at radius 1 is 0.667 bits per heavy atom. The summed E-state index contributed by atoms with van der Waals surface area (Å²) in [6, 6.07) is 28.1. The summed E-state index contributed by atoms with van der Waals surface area (Å²) in [4.78, 5) is 0. The molecule has 0 aromatic heterocycles. The summed E-state index contributed by atoms with van der Waals surface area (Å²) in [5, 5.41) is 14.0. The number of rotatable bonds is 7. The maximum Gasteiger partial charge on any atom is 0 e. The molecule has 27 heavy (non-hydrogen) atoms. The van der Waals surface area contributed by atoms with Crippen LogP contribution in [-0.4, -0.2) is 13.2 Å². The Morgan fingerprint density at radius 3 is 1.59 bits per heavy atom. The molecule has 0 aliphatic heterocycles. The van der Waals surface area contributed by atoms with Crippen molar-refractivity contribution in [3.63, 3.8) is 0 Å². The molecule has 3 nitrogen and oxygen atoms in total. The zero-order valence-corrected chi connectivity index (χ0v) is 18.3. The molecule has 0 aliphatic carbocycles. The Labute approximate surface area is 178 Å². The predicted molar refractivity (Wildman–Crippen MR) is 115 cm³/mol. The van der Waals surface area contributed by atoms with E-state index in [1.807, 2.05) is 85.9 Å². The molecular weight excluding hydrogens is 513 g/mol. The SMILES string of the molecule is C[N-]c1ccccc1CC([N-]c1ccccc1)[N-]c1ccccc1.[CH3-].[CH3-].[Pt]. The van der Waals surface area contributed by atoms with Crippen molar-refractivity contribution in [3.05, 3.63) is 121 Å². The molecule has 0 aliphatic rings. The molecule has 0 saturated heterocycles. The third-order valence-corrected chi connectivity index (χ3v) is 3.74. The van der Waals surface area contributed by atoms with Crippen LogP contribution in [0.4, 0.5) is 17.1 Å². The summed E-state index contributed by atoms with van der Waals surface area (Å²) in [5.74, 6) is 0. The van der Waals surface area contributed by atoms with E-state index in [1.54, 1.807) is 0 Å². The van der Waals surface area contributed by atoms with Crippen LogP contribution in [0.3, 0.4) is 0 Å². The number of hydrogen-bond donors (Lipinski definition) is 0. The van der Waals surface area contributed by atoms with E-state index in [0.29, 0.717) is 0 Å². The molecule has 0 saturated carbocycles. The summed E-state index contributed by atoms with van der Waals surface area (Å²) in [6.45, 7) is 0. The summed E-state index contributed by atoms with van der Waals surface area (Å²) < 4.78 is 0. The first-order valence-corrected chi connectivity index (χ1v) is 8.04. The van der Waals surface area contributed by atoms with Gasteiger partial charge in [-0.2, -0.15) is 0 Å². The Kier molecular flexibility index (Phi) is 11.9. The molecule has 0 spiro atoms. The van der Waals surface area contributed by atoms with E-state index in [-0.39, 0.29) is 42.1 Å². The Hall–Kier alpha value is -2.25. The zero-order chi connectivity index (χ0) is 16.6. The van der Waals surface area contributed by atoms with Gasteiger partial charge in [0.1, 0.15) is 0 Å². The van der Waals surface area contributed by atoms with Crippen LogP contribution in [0.25, 0.3) is 16.0 Å². The van der Waals surface area contributed by atoms with Crippen molar-refractivity contribution >= 4 is 17.1 Å². The van der Waals surface area contributed by atoms with Gasteiger partial charge in [-0.1, -0.05) is 96.9 Å². The molecular formula is C23H26N3Pt-5. The van der Waals surface area contributed by atoms with Gasteiger partial charge in [0.25, 0.3) is 0 Å². The number of nitrogens with zero attached hydrogens (tertiary/aromatic N) is 3. The molecule has 3 aromatic carbocycles. The average molecular weight is 540 g/mol. The fraction of sp³-hybridized carbons (Fsp3) is 0.130. The quantitative estimate of drug-likeness (QED) is 0.279. The first kappa shape index (κ1) is 24.7. The third-order valence-electron chi connectivity index (χ3n) is 3.74. The second-order valence-corrected chi connectivity index (χ2v) is 5.47. The number of para-hydroxylation sites is 3. The van der Waals surface area contributed by atoms with E-state index in [0.717, 1.165) is 29.0 Å². The van der Waals surface area contributed by atoms with Crippen LogP contribution in [0.5, 0.6) is 0 Å². The smallest absolute Gasteiger partial charge is 0 e. The minimum atomic E-state index is -0.183. The largest absolute Gasteiger partial charge is 0.696 e. The summed E-state index contributed by atoms with van der Waals surface area (Å²) >= 11 is 0. The molecule has 0 fully saturated rings. The van der Waals surface area contributed by atoms with Gasteiger partial charge in [-0.15, -0.1) is 24.1 Å². The van der Waals surface area contributed by atoms with Crippen LogP contribution in [0.1, 0.15) is 5.56 Å². The van der Waals surface area contributed by atoms with Crippen LogP contribution in [0, 0.1) is 14.9 Å². The molecule has 148 valence electrons. The van der Waals surface area contributed by atoms with Crippen LogP contribution in [0.15, 0.2) is 84.9 Å². The van der Waals surface area contributed by atoms with Gasteiger partial charge in [-0.3, -0.25) is 0 Å². The minimum Gasteiger partial charge on any atom is -0.696 e. The van der Waals surface area contributed by atoms with Crippen molar-refractivity contribution in [1.82, 2.24) is 0 Å². The number of hydrogen-bond acceptors (Lipinski definition) is 0. The van der Waals surface area contributed by atoms with E-state index in [9.17, 15) is 0 Å². The van der Waals surface area contributed by atoms with Crippen LogP contribution >= 0.6 is 0 Å². The Morgan fingerprint density at radius 2 is 1.11 bits per heavy atom. The molecule has 0 unspecified atom stereocenters. The van der Waals surface area contributed by atoms with Crippen molar-refractivity contribution in [2.45, 2.75) is 12.6 Å². The molecule has 0 bridgehead atoms. The number of benzene rings is 3. The van der Waals surface area contributed by atoms with Crippen molar-refractivity contribution < 1.29 is 21.1 Å². The van der Waals surface area contributed by atoms with Gasteiger partial charge < -0.3 is 30.8 Å². The van der Waals surface area contributed by atoms with E-state index in [2.05, 4.69) is 11.4 Å². The van der Waals surface area contributed by atoms with Gasteiger partial charge in [-0.25, -0.2) is 6.17 Å². The van der Waals surface area contributed by atoms with Crippen molar-refractivity contribution in [1.29, 1.82) is 0 Å². The van der Waals surface area contributed by atoms with Crippen molar-refractivity contribution in [2.75, 3.05) is 7.05 Å². The van der Waals surface area contributed by atoms with Crippen LogP contribution in [0.2, 0.25) is 0 Å². The fourth-order valence-corrected chi connectivity index (χ4v) is 2.59. The molecule has 0 amide bonds. The molecule has 3 aromatic rings. The normalized spacial score (nSPS) is 9.26. The third kappa shape index (κ3) is 7.48. The molecule has 0 radical (unpaired) electrons. The zero-order valence-electron chi connectivity index (χ0n) is 16.0. The topological polar surface area (TPSA) is 42.3 Å². The Bertz CT molecular complexity index is 706. The van der Waals surface area contributed by atoms with Gasteiger partial charge in [0.15, 0.2) is 0 Å². The molecule has 3 rings (SSSR count). The molecule has 0 N–H and O–H groups in total. The van der Waals surface area contributed by atoms with Crippen LogP contribution < -0.4 is 0 Å². The second-order valence-electron chi connectivity index (χ2n) is 5.47. The van der Waals surface area contributed by atoms with E-state index in [1.165, 1.54) is 0 Å². The minimum absolute atomic E-state index is 0. The maximum atomic E-state index is 4.82. The first-order chi connectivity index (χ1) is 11.8. The summed E-state index contributed by atoms with van der Waals surface area (Å²) in [6.07, 6.45) is 0.537. The van der Waals surface area contributed by atoms with E-state index in [4.69, 9.17) is 10.6 Å². The monoisotopic (exact) mass is 539 g/mol. The van der Waals surface area contributed by atoms with E-state index < -0.39 is 0 Å². The van der Waals surface area contributed by atoms with Gasteiger partial charge in [0, 0.05) is 21.1 Å². The maximum absolute atomic E-state index is 4.82. The fourth-order valence-electron chi connectivity index (χ4n) is 2.59. The van der Waals surface area contributed by atoms with E-state index >= 15 is 0 Å². The van der Waals surface area contributed by atoms with Gasteiger partial charge in [0.2, 0.25) is 0 Å². The summed E-state index contributed by atoms with van der Waals surface area (Å²) in [5.41, 5.74) is 4.03. The molecule has 0 atom stereocenters. The second kappa shape index (κ2) is 13.0. The van der Waals surface area contributed by atoms with Gasteiger partial charge in [-0.05, 0) is 0 Å². The molecule has 0 heterocycles. The Balaban J connectivity index is 0.00000225. The average Bonchev–Trinajstić information content (AvgIpc) is 2.64. The van der Waals surface area contributed by atoms with Crippen molar-refractivity contribution in [2.24, 2.45) is 0 Å². The van der Waals surface area contributed by atoms with Crippen LogP contribution in [-0.2, 0) is 27.5 Å². The molecule has 4 heteroatoms. The first-order valence-electron chi connectivity index (χ1n) is 8.04. The van der Waals surface area contributed by atoms with Crippen molar-refractivity contribution in [3.8, 4) is 0 Å². The summed E-state index contributed by atoms with van der Waals surface area (Å²) in [7, 11) is 1.82. The van der Waals surface area contributed by atoms with Gasteiger partial charge >= 0.3 is 0 Å².